The van der Waals surface area contributed by atoms with Crippen LogP contribution in [0.3, 0.4) is 0 Å². The van der Waals surface area contributed by atoms with Crippen molar-refractivity contribution < 1.29 is 30.8 Å². The Morgan fingerprint density at radius 3 is 2.00 bits per heavy atom. The van der Waals surface area contributed by atoms with Crippen LogP contribution in [0.15, 0.2) is 23.3 Å². The van der Waals surface area contributed by atoms with Gasteiger partial charge in [0.25, 0.3) is 5.79 Å². The molecule has 2 unspecified atom stereocenters. The number of allylic oxidation sites excluding steroid dienone is 2. The van der Waals surface area contributed by atoms with Gasteiger partial charge >= 0.3 is 0 Å². The van der Waals surface area contributed by atoms with Gasteiger partial charge in [0.1, 0.15) is 0 Å². The molecule has 98 valence electrons. The summed E-state index contributed by atoms with van der Waals surface area (Å²) in [6, 6.07) is -1.41. The number of hydrogen-bond donors (Lipinski definition) is 0. The first kappa shape index (κ1) is 14.0. The number of nitrogens with zero attached hydrogens (tertiary/aromatic N) is 1. The van der Waals surface area contributed by atoms with Crippen molar-refractivity contribution >= 4 is 0 Å². The summed E-state index contributed by atoms with van der Waals surface area (Å²) >= 11 is 0. The molecule has 17 heavy (non-hydrogen) atoms. The minimum absolute atomic E-state index is 0.992. The van der Waals surface area contributed by atoms with Crippen molar-refractivity contribution in [2.24, 2.45) is 0 Å². The van der Waals surface area contributed by atoms with E-state index in [-0.39, 0.29) is 0 Å². The molecule has 0 heterocycles. The smallest absolute Gasteiger partial charge is 0.234 e. The van der Waals surface area contributed by atoms with Crippen molar-refractivity contribution in [1.29, 1.82) is 0 Å². The van der Waals surface area contributed by atoms with Crippen molar-refractivity contribution in [1.82, 2.24) is 5.12 Å². The zero-order chi connectivity index (χ0) is 13.5. The molecule has 0 radical (unpaired) electrons. The lowest BCUT2D eigenvalue weighted by molar-refractivity contribution is -0.196. The van der Waals surface area contributed by atoms with E-state index >= 15 is 0 Å². The second-order valence-corrected chi connectivity index (χ2v) is 3.73. The van der Waals surface area contributed by atoms with Crippen LogP contribution in [0.2, 0.25) is 0 Å². The van der Waals surface area contributed by atoms with Gasteiger partial charge in [0, 0.05) is 6.04 Å². The molecule has 0 fully saturated rings. The van der Waals surface area contributed by atoms with Crippen molar-refractivity contribution in [3.05, 3.63) is 23.3 Å². The van der Waals surface area contributed by atoms with Crippen LogP contribution in [0.4, 0.5) is 30.8 Å². The van der Waals surface area contributed by atoms with Crippen LogP contribution in [-0.2, 0) is 0 Å². The lowest BCUT2D eigenvalue weighted by Crippen LogP contribution is -2.53. The average molecular weight is 263 g/mol. The topological polar surface area (TPSA) is 3.24 Å². The van der Waals surface area contributed by atoms with E-state index in [4.69, 9.17) is 0 Å². The van der Waals surface area contributed by atoms with Crippen LogP contribution in [-0.4, -0.2) is 23.1 Å². The Kier molecular flexibility index (Phi) is 3.56. The van der Waals surface area contributed by atoms with Crippen LogP contribution in [0.1, 0.15) is 13.8 Å². The molecular formula is C9H8F7N. The molecule has 0 spiro atoms. The van der Waals surface area contributed by atoms with E-state index in [2.05, 4.69) is 0 Å². The van der Waals surface area contributed by atoms with Crippen molar-refractivity contribution in [3.63, 3.8) is 0 Å². The standard InChI is InChI=1S/C9H8F7N/c1-3(2)17(16)9(15)7(13)5(11)4(10)6(12)8(9)14/h3,7H,1-2H3. The molecule has 1 aliphatic rings. The van der Waals surface area contributed by atoms with Gasteiger partial charge in [-0.05, 0) is 13.8 Å². The third-order valence-electron chi connectivity index (χ3n) is 2.23. The van der Waals surface area contributed by atoms with Gasteiger partial charge < -0.3 is 0 Å². The Morgan fingerprint density at radius 2 is 1.59 bits per heavy atom. The molecular weight excluding hydrogens is 255 g/mol. The largest absolute Gasteiger partial charge is 0.282 e. The summed E-state index contributed by atoms with van der Waals surface area (Å²) in [6.07, 6.45) is -3.62. The van der Waals surface area contributed by atoms with E-state index < -0.39 is 46.4 Å². The molecule has 1 aliphatic carbocycles. The maximum atomic E-state index is 13.7. The fraction of sp³-hybridized carbons (Fsp3) is 0.556. The molecule has 8 heteroatoms. The third kappa shape index (κ3) is 1.84. The van der Waals surface area contributed by atoms with Gasteiger partial charge in [-0.25, -0.2) is 26.3 Å². The molecule has 1 nitrogen and oxygen atoms in total. The Hall–Kier alpha value is -1.05. The summed E-state index contributed by atoms with van der Waals surface area (Å²) < 4.78 is 91.3. The number of halogens is 7. The van der Waals surface area contributed by atoms with Crippen LogP contribution < -0.4 is 0 Å². The van der Waals surface area contributed by atoms with Crippen molar-refractivity contribution in [3.8, 4) is 0 Å². The highest BCUT2D eigenvalue weighted by molar-refractivity contribution is 5.38. The van der Waals surface area contributed by atoms with E-state index in [0.29, 0.717) is 0 Å². The molecule has 2 atom stereocenters. The second kappa shape index (κ2) is 4.32. The molecule has 0 aromatic carbocycles. The summed E-state index contributed by atoms with van der Waals surface area (Å²) in [7, 11) is 0. The number of hydrogen-bond acceptors (Lipinski definition) is 1. The zero-order valence-electron chi connectivity index (χ0n) is 8.75. The number of alkyl halides is 2. The van der Waals surface area contributed by atoms with Crippen molar-refractivity contribution in [2.75, 3.05) is 0 Å². The maximum absolute atomic E-state index is 13.7. The van der Waals surface area contributed by atoms with Gasteiger partial charge in [-0.3, -0.25) is 0 Å². The van der Waals surface area contributed by atoms with Crippen LogP contribution >= 0.6 is 0 Å². The molecule has 0 amide bonds. The molecule has 0 aliphatic heterocycles. The molecule has 0 aromatic heterocycles. The Balaban J connectivity index is 3.37. The zero-order valence-corrected chi connectivity index (χ0v) is 8.75. The van der Waals surface area contributed by atoms with E-state index in [0.717, 1.165) is 13.8 Å². The maximum Gasteiger partial charge on any atom is 0.282 e. The second-order valence-electron chi connectivity index (χ2n) is 3.73. The van der Waals surface area contributed by atoms with Gasteiger partial charge in [0.15, 0.2) is 23.3 Å². The summed E-state index contributed by atoms with van der Waals surface area (Å²) in [5.41, 5.74) is 0. The molecule has 0 saturated heterocycles. The first-order valence-corrected chi connectivity index (χ1v) is 4.55. The van der Waals surface area contributed by atoms with Crippen LogP contribution in [0, 0.1) is 0 Å². The molecule has 0 saturated carbocycles. The van der Waals surface area contributed by atoms with Crippen LogP contribution in [0.5, 0.6) is 0 Å². The summed E-state index contributed by atoms with van der Waals surface area (Å²) in [4.78, 5) is 0. The van der Waals surface area contributed by atoms with E-state index in [1.165, 1.54) is 0 Å². The van der Waals surface area contributed by atoms with Crippen molar-refractivity contribution in [2.45, 2.75) is 31.9 Å². The highest BCUT2D eigenvalue weighted by atomic mass is 19.2. The molecule has 0 bridgehead atoms. The first-order chi connectivity index (χ1) is 7.65. The fourth-order valence-electron chi connectivity index (χ4n) is 1.32. The number of rotatable bonds is 2. The highest BCUT2D eigenvalue weighted by Crippen LogP contribution is 2.46. The normalized spacial score (nSPS) is 30.9. The first-order valence-electron chi connectivity index (χ1n) is 4.55. The summed E-state index contributed by atoms with van der Waals surface area (Å²) in [6.45, 7) is 1.98. The van der Waals surface area contributed by atoms with E-state index in [9.17, 15) is 30.8 Å². The minimum Gasteiger partial charge on any atom is -0.234 e. The van der Waals surface area contributed by atoms with Gasteiger partial charge in [-0.1, -0.05) is 5.12 Å². The predicted octanol–water partition coefficient (Wildman–Crippen LogP) is 3.90. The Labute approximate surface area is 92.1 Å². The molecule has 0 N–H and O–H groups in total. The average Bonchev–Trinajstić information content (AvgIpc) is 2.30. The fourth-order valence-corrected chi connectivity index (χ4v) is 1.32. The minimum atomic E-state index is -4.34. The van der Waals surface area contributed by atoms with Gasteiger partial charge in [-0.15, -0.1) is 4.48 Å². The predicted molar refractivity (Wildman–Crippen MR) is 45.3 cm³/mol. The van der Waals surface area contributed by atoms with Crippen LogP contribution in [0.25, 0.3) is 0 Å². The third-order valence-corrected chi connectivity index (χ3v) is 2.23. The van der Waals surface area contributed by atoms with Gasteiger partial charge in [-0.2, -0.15) is 0 Å². The summed E-state index contributed by atoms with van der Waals surface area (Å²) in [5.74, 6) is -14.6. The molecule has 1 rings (SSSR count). The SMILES string of the molecule is CC(C)N(F)C1(F)C(F)=C(F)C(F)=C(F)C1F. The monoisotopic (exact) mass is 263 g/mol. The van der Waals surface area contributed by atoms with E-state index in [1.54, 1.807) is 0 Å². The highest BCUT2D eigenvalue weighted by Gasteiger charge is 2.59. The Morgan fingerprint density at radius 1 is 1.12 bits per heavy atom. The molecule has 0 aromatic rings. The van der Waals surface area contributed by atoms with E-state index in [1.807, 2.05) is 0 Å². The summed E-state index contributed by atoms with van der Waals surface area (Å²) in [5, 5.41) is -1.04. The lowest BCUT2D eigenvalue weighted by Gasteiger charge is -2.35. The lowest BCUT2D eigenvalue weighted by atomic mass is 9.99. The van der Waals surface area contributed by atoms with Gasteiger partial charge in [0.2, 0.25) is 6.17 Å². The Bertz CT molecular complexity index is 389. The van der Waals surface area contributed by atoms with Gasteiger partial charge in [0.05, 0.1) is 0 Å². The quantitative estimate of drug-likeness (QED) is 0.415.